The van der Waals surface area contributed by atoms with Crippen molar-refractivity contribution in [2.75, 3.05) is 29.1 Å². The molecule has 180 valence electrons. The number of hydrogen-bond acceptors (Lipinski definition) is 9. The second-order valence-corrected chi connectivity index (χ2v) is 8.40. The SMILES string of the molecule is Cc1cc(-n2ccc(N3CCO[C@H](C(C)(O)C(=O)Nc4ccc5c(N)noc5c4)C3=O)n2)ccn1. The van der Waals surface area contributed by atoms with E-state index in [-0.39, 0.29) is 19.0 Å². The zero-order valence-corrected chi connectivity index (χ0v) is 19.0. The highest BCUT2D eigenvalue weighted by molar-refractivity contribution is 6.06. The number of aliphatic hydroxyl groups is 1. The van der Waals surface area contributed by atoms with E-state index in [2.05, 4.69) is 20.6 Å². The van der Waals surface area contributed by atoms with Crippen LogP contribution in [-0.2, 0) is 14.3 Å². The van der Waals surface area contributed by atoms with Crippen LogP contribution < -0.4 is 16.0 Å². The minimum Gasteiger partial charge on any atom is -0.380 e. The maximum absolute atomic E-state index is 13.3. The van der Waals surface area contributed by atoms with Gasteiger partial charge in [0.2, 0.25) is 0 Å². The van der Waals surface area contributed by atoms with Gasteiger partial charge in [0.1, 0.15) is 0 Å². The molecule has 1 aromatic carbocycles. The molecule has 1 saturated heterocycles. The third-order valence-electron chi connectivity index (χ3n) is 5.81. The largest absolute Gasteiger partial charge is 0.380 e. The standard InChI is InChI=1S/C23H23N7O5/c1-13-11-15(5-7-25-13)30-8-6-18(27-30)29-9-10-34-19(21(29)31)23(2,33)22(32)26-14-3-4-16-17(12-14)35-28-20(16)24/h3-8,11-12,19,33H,9-10H2,1-2H3,(H2,24,28)(H,26,32)/t19-,23?/m0/s1. The minimum atomic E-state index is -2.17. The van der Waals surface area contributed by atoms with Gasteiger partial charge in [-0.2, -0.15) is 0 Å². The molecule has 1 aliphatic heterocycles. The molecule has 4 heterocycles. The summed E-state index contributed by atoms with van der Waals surface area (Å²) < 4.78 is 12.3. The normalized spacial score (nSPS) is 18.0. The van der Waals surface area contributed by atoms with Gasteiger partial charge in [-0.3, -0.25) is 19.5 Å². The summed E-state index contributed by atoms with van der Waals surface area (Å²) in [6.45, 7) is 3.45. The number of rotatable bonds is 5. The molecule has 0 bridgehead atoms. The highest BCUT2D eigenvalue weighted by Gasteiger charge is 2.48. The summed E-state index contributed by atoms with van der Waals surface area (Å²) >= 11 is 0. The van der Waals surface area contributed by atoms with Crippen molar-refractivity contribution in [1.29, 1.82) is 0 Å². The third kappa shape index (κ3) is 4.09. The average Bonchev–Trinajstić information content (AvgIpc) is 3.46. The van der Waals surface area contributed by atoms with Crippen molar-refractivity contribution in [3.05, 3.63) is 54.5 Å². The van der Waals surface area contributed by atoms with Gasteiger partial charge in [-0.25, -0.2) is 4.68 Å². The van der Waals surface area contributed by atoms with Crippen molar-refractivity contribution >= 4 is 40.1 Å². The van der Waals surface area contributed by atoms with Crippen LogP contribution >= 0.6 is 0 Å². The molecule has 1 fully saturated rings. The van der Waals surface area contributed by atoms with Gasteiger partial charge in [-0.05, 0) is 38.1 Å². The van der Waals surface area contributed by atoms with Crippen molar-refractivity contribution in [2.45, 2.75) is 25.6 Å². The number of nitrogens with zero attached hydrogens (tertiary/aromatic N) is 5. The predicted molar refractivity (Wildman–Crippen MR) is 126 cm³/mol. The molecule has 35 heavy (non-hydrogen) atoms. The number of carbonyl (C=O) groups excluding carboxylic acids is 2. The number of aryl methyl sites for hydroxylation is 1. The van der Waals surface area contributed by atoms with Crippen molar-refractivity contribution in [1.82, 2.24) is 19.9 Å². The van der Waals surface area contributed by atoms with E-state index < -0.39 is 23.5 Å². The summed E-state index contributed by atoms with van der Waals surface area (Å²) in [5, 5.41) is 22.4. The van der Waals surface area contributed by atoms with Crippen molar-refractivity contribution in [3.8, 4) is 5.69 Å². The number of carbonyl (C=O) groups is 2. The Morgan fingerprint density at radius 1 is 1.29 bits per heavy atom. The Balaban J connectivity index is 1.34. The number of anilines is 3. The lowest BCUT2D eigenvalue weighted by molar-refractivity contribution is -0.165. The third-order valence-corrected chi connectivity index (χ3v) is 5.81. The van der Waals surface area contributed by atoms with Gasteiger partial charge in [-0.15, -0.1) is 5.10 Å². The van der Waals surface area contributed by atoms with Gasteiger partial charge in [0.15, 0.2) is 28.9 Å². The van der Waals surface area contributed by atoms with Gasteiger partial charge in [0.25, 0.3) is 11.8 Å². The van der Waals surface area contributed by atoms with Gasteiger partial charge >= 0.3 is 0 Å². The molecule has 12 nitrogen and oxygen atoms in total. The number of hydrogen-bond donors (Lipinski definition) is 3. The Bertz CT molecular complexity index is 1430. The first-order valence-electron chi connectivity index (χ1n) is 10.8. The lowest BCUT2D eigenvalue weighted by atomic mass is 9.95. The van der Waals surface area contributed by atoms with Crippen LogP contribution in [-0.4, -0.2) is 61.7 Å². The minimum absolute atomic E-state index is 0.115. The highest BCUT2D eigenvalue weighted by Crippen LogP contribution is 2.27. The first-order valence-corrected chi connectivity index (χ1v) is 10.8. The van der Waals surface area contributed by atoms with E-state index in [1.165, 1.54) is 17.9 Å². The molecule has 3 aromatic heterocycles. The van der Waals surface area contributed by atoms with Gasteiger partial charge in [-0.1, -0.05) is 5.16 Å². The van der Waals surface area contributed by atoms with Crippen molar-refractivity contribution < 1.29 is 24.0 Å². The summed E-state index contributed by atoms with van der Waals surface area (Å²) in [6.07, 6.45) is 1.96. The molecular weight excluding hydrogens is 454 g/mol. The number of aromatic nitrogens is 4. The zero-order chi connectivity index (χ0) is 24.7. The number of nitrogens with one attached hydrogen (secondary N) is 1. The molecule has 0 aliphatic carbocycles. The zero-order valence-electron chi connectivity index (χ0n) is 19.0. The van der Waals surface area contributed by atoms with Crippen LogP contribution in [0.2, 0.25) is 0 Å². The summed E-state index contributed by atoms with van der Waals surface area (Å²) in [5.41, 5.74) is 5.87. The van der Waals surface area contributed by atoms with E-state index in [1.54, 1.807) is 41.3 Å². The maximum atomic E-state index is 13.3. The fraction of sp³-hybridized carbons (Fsp3) is 0.261. The van der Waals surface area contributed by atoms with Crippen LogP contribution in [0, 0.1) is 6.92 Å². The lowest BCUT2D eigenvalue weighted by Crippen LogP contribution is -2.61. The quantitative estimate of drug-likeness (QED) is 0.386. The summed E-state index contributed by atoms with van der Waals surface area (Å²) in [7, 11) is 0. The van der Waals surface area contributed by atoms with Crippen LogP contribution in [0.25, 0.3) is 16.7 Å². The number of nitrogen functional groups attached to an aromatic ring is 1. The number of ether oxygens (including phenoxy) is 1. The highest BCUT2D eigenvalue weighted by atomic mass is 16.5. The van der Waals surface area contributed by atoms with Crippen LogP contribution in [0.15, 0.2) is 53.3 Å². The van der Waals surface area contributed by atoms with Gasteiger partial charge < -0.3 is 25.4 Å². The summed E-state index contributed by atoms with van der Waals surface area (Å²) in [5.74, 6) is -0.789. The number of amides is 2. The van der Waals surface area contributed by atoms with E-state index >= 15 is 0 Å². The molecule has 0 saturated carbocycles. The maximum Gasteiger partial charge on any atom is 0.260 e. The van der Waals surface area contributed by atoms with Gasteiger partial charge in [0.05, 0.1) is 24.2 Å². The molecule has 2 atom stereocenters. The van der Waals surface area contributed by atoms with E-state index in [0.717, 1.165) is 11.4 Å². The number of pyridine rings is 1. The van der Waals surface area contributed by atoms with Crippen LogP contribution in [0.3, 0.4) is 0 Å². The second kappa shape index (κ2) is 8.49. The van der Waals surface area contributed by atoms with Gasteiger partial charge in [0, 0.05) is 35.9 Å². The fourth-order valence-electron chi connectivity index (χ4n) is 3.90. The molecule has 1 unspecified atom stereocenters. The molecule has 0 radical (unpaired) electrons. The molecular formula is C23H23N7O5. The molecule has 1 aliphatic rings. The Morgan fingerprint density at radius 3 is 2.91 bits per heavy atom. The van der Waals surface area contributed by atoms with E-state index in [0.29, 0.717) is 22.5 Å². The van der Waals surface area contributed by atoms with E-state index in [4.69, 9.17) is 15.0 Å². The first kappa shape index (κ1) is 22.5. The number of nitrogens with two attached hydrogens (primary N) is 1. The molecule has 2 amide bonds. The Hall–Kier alpha value is -4.29. The van der Waals surface area contributed by atoms with Crippen LogP contribution in [0.4, 0.5) is 17.3 Å². The topological polar surface area (TPSA) is 162 Å². The Kier molecular flexibility index (Phi) is 5.46. The Morgan fingerprint density at radius 2 is 2.11 bits per heavy atom. The number of benzene rings is 1. The summed E-state index contributed by atoms with van der Waals surface area (Å²) in [4.78, 5) is 31.8. The predicted octanol–water partition coefficient (Wildman–Crippen LogP) is 1.42. The first-order chi connectivity index (χ1) is 16.7. The molecule has 4 N–H and O–H groups in total. The monoisotopic (exact) mass is 477 g/mol. The number of fused-ring (bicyclic) bond motifs is 1. The lowest BCUT2D eigenvalue weighted by Gasteiger charge is -2.37. The molecule has 12 heteroatoms. The molecule has 5 rings (SSSR count). The fourth-order valence-corrected chi connectivity index (χ4v) is 3.90. The Labute approximate surface area is 199 Å². The van der Waals surface area contributed by atoms with Crippen molar-refractivity contribution in [3.63, 3.8) is 0 Å². The van der Waals surface area contributed by atoms with E-state index in [9.17, 15) is 14.7 Å². The smallest absolute Gasteiger partial charge is 0.260 e. The van der Waals surface area contributed by atoms with Crippen LogP contribution in [0.1, 0.15) is 12.6 Å². The summed E-state index contributed by atoms with van der Waals surface area (Å²) in [6, 6.07) is 10.1. The second-order valence-electron chi connectivity index (χ2n) is 8.40. The molecule has 4 aromatic rings. The van der Waals surface area contributed by atoms with E-state index in [1.807, 2.05) is 13.0 Å². The van der Waals surface area contributed by atoms with Crippen molar-refractivity contribution in [2.24, 2.45) is 0 Å². The average molecular weight is 477 g/mol. The van der Waals surface area contributed by atoms with Crippen LogP contribution in [0.5, 0.6) is 0 Å². The number of morpholine rings is 1. The molecule has 0 spiro atoms.